The van der Waals surface area contributed by atoms with Gasteiger partial charge in [0.15, 0.2) is 5.82 Å². The van der Waals surface area contributed by atoms with Crippen molar-refractivity contribution in [2.24, 2.45) is 0 Å². The van der Waals surface area contributed by atoms with E-state index >= 15 is 0 Å². The van der Waals surface area contributed by atoms with E-state index in [1.165, 1.54) is 6.20 Å². The van der Waals surface area contributed by atoms with Crippen LogP contribution in [0.1, 0.15) is 17.3 Å². The second-order valence-corrected chi connectivity index (χ2v) is 4.72. The lowest BCUT2D eigenvalue weighted by Crippen LogP contribution is -2.12. The highest BCUT2D eigenvalue weighted by atomic mass is 16.1. The zero-order valence-corrected chi connectivity index (χ0v) is 12.1. The van der Waals surface area contributed by atoms with Crippen LogP contribution in [-0.4, -0.2) is 25.7 Å². The van der Waals surface area contributed by atoms with Gasteiger partial charge in [0.1, 0.15) is 6.33 Å². The van der Waals surface area contributed by atoms with Crippen molar-refractivity contribution in [3.63, 3.8) is 0 Å². The summed E-state index contributed by atoms with van der Waals surface area (Å²) >= 11 is 0. The van der Waals surface area contributed by atoms with Crippen molar-refractivity contribution in [1.29, 1.82) is 0 Å². The Morgan fingerprint density at radius 3 is 2.95 bits per heavy atom. The van der Waals surface area contributed by atoms with Crippen LogP contribution in [0, 0.1) is 0 Å². The summed E-state index contributed by atoms with van der Waals surface area (Å²) in [6, 6.07) is 11.0. The smallest absolute Gasteiger partial charge is 0.257 e. The Kier molecular flexibility index (Phi) is 3.91. The van der Waals surface area contributed by atoms with E-state index in [1.807, 2.05) is 35.8 Å². The minimum atomic E-state index is -0.192. The van der Waals surface area contributed by atoms with Crippen LogP contribution >= 0.6 is 0 Å². The van der Waals surface area contributed by atoms with E-state index < -0.39 is 0 Å². The Hall–Kier alpha value is -3.02. The van der Waals surface area contributed by atoms with Crippen LogP contribution in [-0.2, 0) is 6.54 Å². The summed E-state index contributed by atoms with van der Waals surface area (Å²) in [7, 11) is 0. The number of rotatable bonds is 4. The van der Waals surface area contributed by atoms with Gasteiger partial charge in [-0.1, -0.05) is 12.1 Å². The maximum Gasteiger partial charge on any atom is 0.257 e. The maximum atomic E-state index is 12.2. The molecule has 0 spiro atoms. The molecule has 0 saturated heterocycles. The van der Waals surface area contributed by atoms with Crippen LogP contribution in [0.25, 0.3) is 11.4 Å². The molecule has 22 heavy (non-hydrogen) atoms. The molecule has 0 radical (unpaired) electrons. The molecule has 6 heteroatoms. The zero-order valence-electron chi connectivity index (χ0n) is 12.1. The van der Waals surface area contributed by atoms with Gasteiger partial charge >= 0.3 is 0 Å². The van der Waals surface area contributed by atoms with Gasteiger partial charge in [0, 0.05) is 30.2 Å². The number of anilines is 1. The van der Waals surface area contributed by atoms with E-state index in [9.17, 15) is 4.79 Å². The van der Waals surface area contributed by atoms with E-state index in [4.69, 9.17) is 0 Å². The van der Waals surface area contributed by atoms with Gasteiger partial charge in [-0.2, -0.15) is 0 Å². The van der Waals surface area contributed by atoms with E-state index in [0.717, 1.165) is 17.9 Å². The third kappa shape index (κ3) is 2.85. The van der Waals surface area contributed by atoms with Gasteiger partial charge in [0.2, 0.25) is 0 Å². The van der Waals surface area contributed by atoms with Crippen molar-refractivity contribution in [3.8, 4) is 11.4 Å². The molecule has 0 aliphatic rings. The van der Waals surface area contributed by atoms with Gasteiger partial charge in [-0.25, -0.2) is 0 Å². The largest absolute Gasteiger partial charge is 0.322 e. The van der Waals surface area contributed by atoms with Crippen LogP contribution in [0.5, 0.6) is 0 Å². The van der Waals surface area contributed by atoms with Crippen LogP contribution in [0.15, 0.2) is 55.1 Å². The van der Waals surface area contributed by atoms with E-state index in [1.54, 1.807) is 24.7 Å². The van der Waals surface area contributed by atoms with Gasteiger partial charge in [-0.05, 0) is 31.2 Å². The number of carbonyl (C=O) groups excluding carboxylic acids is 1. The molecule has 0 fully saturated rings. The van der Waals surface area contributed by atoms with Gasteiger partial charge in [-0.15, -0.1) is 10.2 Å². The number of aromatic nitrogens is 4. The van der Waals surface area contributed by atoms with Crippen molar-refractivity contribution in [1.82, 2.24) is 19.7 Å². The SMILES string of the molecule is CCn1cnnc1-c1cccc(NC(=O)c2cccnc2)c1. The lowest BCUT2D eigenvalue weighted by Gasteiger charge is -2.08. The lowest BCUT2D eigenvalue weighted by atomic mass is 10.1. The van der Waals surface area contributed by atoms with Gasteiger partial charge in [-0.3, -0.25) is 9.78 Å². The highest BCUT2D eigenvalue weighted by Gasteiger charge is 2.09. The van der Waals surface area contributed by atoms with Crippen LogP contribution < -0.4 is 5.32 Å². The number of carbonyl (C=O) groups is 1. The quantitative estimate of drug-likeness (QED) is 0.802. The summed E-state index contributed by atoms with van der Waals surface area (Å²) in [4.78, 5) is 16.1. The second kappa shape index (κ2) is 6.17. The average Bonchev–Trinajstić information content (AvgIpc) is 3.04. The fourth-order valence-electron chi connectivity index (χ4n) is 2.15. The Bertz CT molecular complexity index is 782. The van der Waals surface area contributed by atoms with Crippen molar-refractivity contribution in [2.75, 3.05) is 5.32 Å². The van der Waals surface area contributed by atoms with Crippen molar-refractivity contribution < 1.29 is 4.79 Å². The molecule has 0 aliphatic heterocycles. The van der Waals surface area contributed by atoms with E-state index in [2.05, 4.69) is 20.5 Å². The monoisotopic (exact) mass is 293 g/mol. The molecule has 3 rings (SSSR count). The normalized spacial score (nSPS) is 10.4. The number of aryl methyl sites for hydroxylation is 1. The number of nitrogens with one attached hydrogen (secondary N) is 1. The lowest BCUT2D eigenvalue weighted by molar-refractivity contribution is 0.102. The number of pyridine rings is 1. The first-order valence-corrected chi connectivity index (χ1v) is 6.97. The predicted octanol–water partition coefficient (Wildman–Crippen LogP) is 2.61. The van der Waals surface area contributed by atoms with Crippen LogP contribution in [0.3, 0.4) is 0 Å². The average molecular weight is 293 g/mol. The molecule has 0 atom stereocenters. The van der Waals surface area contributed by atoms with E-state index in [-0.39, 0.29) is 5.91 Å². The summed E-state index contributed by atoms with van der Waals surface area (Å²) in [5.74, 6) is 0.585. The number of amides is 1. The third-order valence-electron chi connectivity index (χ3n) is 3.26. The third-order valence-corrected chi connectivity index (χ3v) is 3.26. The molecule has 1 aromatic carbocycles. The minimum Gasteiger partial charge on any atom is -0.322 e. The van der Waals surface area contributed by atoms with Gasteiger partial charge in [0.05, 0.1) is 5.56 Å². The number of hydrogen-bond acceptors (Lipinski definition) is 4. The van der Waals surface area contributed by atoms with Crippen LogP contribution in [0.2, 0.25) is 0 Å². The number of hydrogen-bond donors (Lipinski definition) is 1. The van der Waals surface area contributed by atoms with Crippen molar-refractivity contribution >= 4 is 11.6 Å². The molecule has 2 heterocycles. The Morgan fingerprint density at radius 2 is 2.18 bits per heavy atom. The first-order valence-electron chi connectivity index (χ1n) is 6.97. The molecule has 0 bridgehead atoms. The number of benzene rings is 1. The Morgan fingerprint density at radius 1 is 1.27 bits per heavy atom. The first-order chi connectivity index (χ1) is 10.8. The maximum absolute atomic E-state index is 12.2. The van der Waals surface area contributed by atoms with Crippen LogP contribution in [0.4, 0.5) is 5.69 Å². The summed E-state index contributed by atoms with van der Waals surface area (Å²) < 4.78 is 1.95. The zero-order chi connectivity index (χ0) is 15.4. The van der Waals surface area contributed by atoms with E-state index in [0.29, 0.717) is 11.3 Å². The molecular weight excluding hydrogens is 278 g/mol. The highest BCUT2D eigenvalue weighted by Crippen LogP contribution is 2.21. The first kappa shape index (κ1) is 13.9. The number of nitrogens with zero attached hydrogens (tertiary/aromatic N) is 4. The van der Waals surface area contributed by atoms with Crippen molar-refractivity contribution in [3.05, 3.63) is 60.7 Å². The second-order valence-electron chi connectivity index (χ2n) is 4.72. The summed E-state index contributed by atoms with van der Waals surface area (Å²) in [5, 5.41) is 10.9. The molecule has 0 saturated carbocycles. The summed E-state index contributed by atoms with van der Waals surface area (Å²) in [5.41, 5.74) is 2.13. The predicted molar refractivity (Wildman–Crippen MR) is 83.3 cm³/mol. The van der Waals surface area contributed by atoms with Gasteiger partial charge in [0.25, 0.3) is 5.91 Å². The topological polar surface area (TPSA) is 72.7 Å². The summed E-state index contributed by atoms with van der Waals surface area (Å²) in [6.45, 7) is 2.81. The fraction of sp³-hybridized carbons (Fsp3) is 0.125. The Balaban J connectivity index is 1.84. The molecule has 2 aromatic heterocycles. The standard InChI is InChI=1S/C16H15N5O/c1-2-21-11-18-20-15(21)12-5-3-7-14(9-12)19-16(22)13-6-4-8-17-10-13/h3-11H,2H2,1H3,(H,19,22). The molecular formula is C16H15N5O. The minimum absolute atomic E-state index is 0.192. The molecule has 110 valence electrons. The fourth-order valence-corrected chi connectivity index (χ4v) is 2.15. The molecule has 1 amide bonds. The molecule has 1 N–H and O–H groups in total. The van der Waals surface area contributed by atoms with Crippen molar-refractivity contribution in [2.45, 2.75) is 13.5 Å². The Labute approximate surface area is 127 Å². The summed E-state index contributed by atoms with van der Waals surface area (Å²) in [6.07, 6.45) is 4.86. The molecule has 0 aliphatic carbocycles. The molecule has 6 nitrogen and oxygen atoms in total. The van der Waals surface area contributed by atoms with Gasteiger partial charge < -0.3 is 9.88 Å². The highest BCUT2D eigenvalue weighted by molar-refractivity contribution is 6.04. The molecule has 3 aromatic rings. The molecule has 0 unspecified atom stereocenters.